The number of nitrogens with zero attached hydrogens (tertiary/aromatic N) is 1. The highest BCUT2D eigenvalue weighted by atomic mass is 31.2. The Morgan fingerprint density at radius 1 is 0.947 bits per heavy atom. The lowest BCUT2D eigenvalue weighted by Crippen LogP contribution is -2.41. The van der Waals surface area contributed by atoms with Gasteiger partial charge in [0.1, 0.15) is 11.2 Å². The molecular weight excluding hydrogens is 513 g/mol. The van der Waals surface area contributed by atoms with Crippen LogP contribution in [0.1, 0.15) is 74.7 Å². The second-order valence-electron chi connectivity index (χ2n) is 11.6. The van der Waals surface area contributed by atoms with E-state index in [0.717, 1.165) is 5.69 Å². The molecule has 11 nitrogen and oxygen atoms in total. The lowest BCUT2D eigenvalue weighted by molar-refractivity contribution is 0.0525. The Morgan fingerprint density at radius 2 is 1.50 bits per heavy atom. The lowest BCUT2D eigenvalue weighted by Gasteiger charge is -2.35. The minimum absolute atomic E-state index is 0.172. The SMILES string of the molecule is CC(C)CN(c1ccc(NC(=O)OC(C)(C)C)cc1)C(CCCCNC(=O)OC(C)(C)C)COP(=O)(O)O. The van der Waals surface area contributed by atoms with Crippen molar-refractivity contribution in [2.45, 2.75) is 91.9 Å². The van der Waals surface area contributed by atoms with E-state index in [1.807, 2.05) is 12.1 Å². The summed E-state index contributed by atoms with van der Waals surface area (Å²) in [5, 5.41) is 5.42. The largest absolute Gasteiger partial charge is 0.469 e. The van der Waals surface area contributed by atoms with Crippen LogP contribution in [0.15, 0.2) is 24.3 Å². The highest BCUT2D eigenvalue weighted by molar-refractivity contribution is 7.46. The molecule has 1 rings (SSSR count). The predicted octanol–water partition coefficient (Wildman–Crippen LogP) is 5.67. The van der Waals surface area contributed by atoms with Crippen molar-refractivity contribution < 1.29 is 37.9 Å². The third-order valence-corrected chi connectivity index (χ3v) is 5.40. The molecule has 0 aliphatic heterocycles. The maximum Gasteiger partial charge on any atom is 0.469 e. The maximum absolute atomic E-state index is 12.1. The molecule has 0 saturated heterocycles. The Kier molecular flexibility index (Phi) is 13.1. The van der Waals surface area contributed by atoms with Crippen molar-refractivity contribution in [1.82, 2.24) is 5.32 Å². The second-order valence-corrected chi connectivity index (χ2v) is 12.8. The monoisotopic (exact) mass is 559 g/mol. The number of nitrogens with one attached hydrogen (secondary N) is 2. The van der Waals surface area contributed by atoms with Gasteiger partial charge in [-0.05, 0) is 91.0 Å². The number of hydrogen-bond donors (Lipinski definition) is 4. The molecule has 1 unspecified atom stereocenters. The van der Waals surface area contributed by atoms with Gasteiger partial charge in [0.2, 0.25) is 0 Å². The number of amides is 2. The average Bonchev–Trinajstić information content (AvgIpc) is 2.71. The highest BCUT2D eigenvalue weighted by Crippen LogP contribution is 2.37. The first kappa shape index (κ1) is 33.7. The predicted molar refractivity (Wildman–Crippen MR) is 148 cm³/mol. The molecule has 12 heteroatoms. The molecule has 4 N–H and O–H groups in total. The summed E-state index contributed by atoms with van der Waals surface area (Å²) < 4.78 is 26.9. The van der Waals surface area contributed by atoms with Gasteiger partial charge < -0.3 is 29.5 Å². The zero-order chi connectivity index (χ0) is 29.1. The van der Waals surface area contributed by atoms with E-state index in [4.69, 9.17) is 14.0 Å². The Hall–Kier alpha value is -2.33. The summed E-state index contributed by atoms with van der Waals surface area (Å²) in [6.07, 6.45) is 0.857. The molecule has 218 valence electrons. The molecule has 0 radical (unpaired) electrons. The Labute approximate surface area is 226 Å². The number of phosphoric ester groups is 1. The van der Waals surface area contributed by atoms with Crippen LogP contribution in [0.4, 0.5) is 21.0 Å². The van der Waals surface area contributed by atoms with E-state index < -0.39 is 31.2 Å². The third kappa shape index (κ3) is 15.8. The fourth-order valence-corrected chi connectivity index (χ4v) is 3.90. The zero-order valence-electron chi connectivity index (χ0n) is 23.9. The lowest BCUT2D eigenvalue weighted by atomic mass is 10.0. The maximum atomic E-state index is 12.1. The minimum Gasteiger partial charge on any atom is -0.444 e. The number of carbonyl (C=O) groups is 2. The molecule has 0 spiro atoms. The molecule has 38 heavy (non-hydrogen) atoms. The van der Waals surface area contributed by atoms with E-state index in [2.05, 4.69) is 29.4 Å². The van der Waals surface area contributed by atoms with Crippen molar-refractivity contribution in [1.29, 1.82) is 0 Å². The summed E-state index contributed by atoms with van der Waals surface area (Å²) in [5.41, 5.74) is 0.181. The number of benzene rings is 1. The number of unbranched alkanes of at least 4 members (excludes halogenated alkanes) is 1. The van der Waals surface area contributed by atoms with Crippen LogP contribution in [-0.4, -0.2) is 58.9 Å². The minimum atomic E-state index is -4.67. The quantitative estimate of drug-likeness (QED) is 0.177. The summed E-state index contributed by atoms with van der Waals surface area (Å²) in [4.78, 5) is 44.7. The van der Waals surface area contributed by atoms with Crippen molar-refractivity contribution in [3.05, 3.63) is 24.3 Å². The van der Waals surface area contributed by atoms with E-state index in [9.17, 15) is 23.9 Å². The molecule has 0 saturated carbocycles. The van der Waals surface area contributed by atoms with Gasteiger partial charge >= 0.3 is 20.0 Å². The number of alkyl carbamates (subject to hydrolysis) is 1. The van der Waals surface area contributed by atoms with Gasteiger partial charge in [-0.2, -0.15) is 0 Å². The van der Waals surface area contributed by atoms with Crippen molar-refractivity contribution >= 4 is 31.4 Å². The van der Waals surface area contributed by atoms with Crippen LogP contribution in [0, 0.1) is 5.92 Å². The third-order valence-electron chi connectivity index (χ3n) is 4.91. The standard InChI is InChI=1S/C26H46N3O8P/c1-19(2)17-29(21-14-12-20(13-15-21)28-24(31)37-26(6,7)8)22(18-35-38(32,33)34)11-9-10-16-27-23(30)36-25(3,4)5/h12-15,19,22H,9-11,16-18H2,1-8H3,(H,27,30)(H,28,31)(H2,32,33,34). The molecule has 0 heterocycles. The summed E-state index contributed by atoms with van der Waals surface area (Å²) >= 11 is 0. The van der Waals surface area contributed by atoms with Gasteiger partial charge in [0, 0.05) is 24.5 Å². The van der Waals surface area contributed by atoms with Gasteiger partial charge in [-0.15, -0.1) is 0 Å². The van der Waals surface area contributed by atoms with Crippen molar-refractivity contribution in [2.75, 3.05) is 29.9 Å². The van der Waals surface area contributed by atoms with Crippen LogP contribution < -0.4 is 15.5 Å². The summed E-state index contributed by atoms with van der Waals surface area (Å²) in [7, 11) is -4.67. The normalized spacial score (nSPS) is 13.1. The van der Waals surface area contributed by atoms with Crippen molar-refractivity contribution in [3.63, 3.8) is 0 Å². The molecule has 1 aromatic carbocycles. The number of carbonyl (C=O) groups excluding carboxylic acids is 2. The first-order valence-corrected chi connectivity index (χ1v) is 14.4. The molecule has 0 bridgehead atoms. The summed E-state index contributed by atoms with van der Waals surface area (Å²) in [5.74, 6) is 0.251. The van der Waals surface area contributed by atoms with Gasteiger partial charge in [-0.1, -0.05) is 13.8 Å². The number of anilines is 2. The Bertz CT molecular complexity index is 920. The molecule has 0 fully saturated rings. The van der Waals surface area contributed by atoms with Gasteiger partial charge in [0.05, 0.1) is 12.6 Å². The van der Waals surface area contributed by atoms with E-state index >= 15 is 0 Å². The molecule has 1 aromatic rings. The summed E-state index contributed by atoms with van der Waals surface area (Å²) in [6.45, 7) is 15.7. The van der Waals surface area contributed by atoms with Gasteiger partial charge in [-0.3, -0.25) is 9.84 Å². The van der Waals surface area contributed by atoms with E-state index in [0.29, 0.717) is 38.0 Å². The van der Waals surface area contributed by atoms with Crippen LogP contribution in [-0.2, 0) is 18.6 Å². The Balaban J connectivity index is 2.93. The molecule has 0 aliphatic carbocycles. The van der Waals surface area contributed by atoms with E-state index in [1.54, 1.807) is 53.7 Å². The van der Waals surface area contributed by atoms with Gasteiger partial charge in [0.15, 0.2) is 0 Å². The highest BCUT2D eigenvalue weighted by Gasteiger charge is 2.25. The van der Waals surface area contributed by atoms with Crippen LogP contribution >= 0.6 is 7.82 Å². The van der Waals surface area contributed by atoms with Crippen LogP contribution in [0.2, 0.25) is 0 Å². The molecular formula is C26H46N3O8P. The average molecular weight is 560 g/mol. The molecule has 0 aliphatic rings. The van der Waals surface area contributed by atoms with Gasteiger partial charge in [-0.25, -0.2) is 14.2 Å². The van der Waals surface area contributed by atoms with Crippen LogP contribution in [0.3, 0.4) is 0 Å². The fraction of sp³-hybridized carbons (Fsp3) is 0.692. The van der Waals surface area contributed by atoms with Crippen LogP contribution in [0.25, 0.3) is 0 Å². The second kappa shape index (κ2) is 14.7. The number of hydrogen-bond acceptors (Lipinski definition) is 7. The molecule has 2 amide bonds. The Morgan fingerprint density at radius 3 is 2.00 bits per heavy atom. The number of ether oxygens (including phenoxy) is 2. The topological polar surface area (TPSA) is 147 Å². The summed E-state index contributed by atoms with van der Waals surface area (Å²) in [6, 6.07) is 6.83. The number of rotatable bonds is 13. The van der Waals surface area contributed by atoms with E-state index in [-0.39, 0.29) is 18.6 Å². The first-order valence-electron chi connectivity index (χ1n) is 12.9. The van der Waals surface area contributed by atoms with E-state index in [1.165, 1.54) is 0 Å². The zero-order valence-corrected chi connectivity index (χ0v) is 24.8. The van der Waals surface area contributed by atoms with Crippen molar-refractivity contribution in [2.24, 2.45) is 5.92 Å². The molecule has 1 atom stereocenters. The molecule has 0 aromatic heterocycles. The fourth-order valence-electron chi connectivity index (χ4n) is 3.54. The number of phosphoric acid groups is 1. The van der Waals surface area contributed by atoms with Crippen molar-refractivity contribution in [3.8, 4) is 0 Å². The smallest absolute Gasteiger partial charge is 0.444 e. The van der Waals surface area contributed by atoms with Gasteiger partial charge in [0.25, 0.3) is 0 Å². The van der Waals surface area contributed by atoms with Crippen LogP contribution in [0.5, 0.6) is 0 Å². The first-order chi connectivity index (χ1) is 17.3.